The van der Waals surface area contributed by atoms with Gasteiger partial charge in [0.25, 0.3) is 0 Å². The summed E-state index contributed by atoms with van der Waals surface area (Å²) in [6.45, 7) is 5.19. The van der Waals surface area contributed by atoms with Crippen molar-refractivity contribution in [3.63, 3.8) is 0 Å². The largest absolute Gasteiger partial charge is 0.466 e. The Hall–Kier alpha value is -0.790. The quantitative estimate of drug-likeness (QED) is 0.0463. The van der Waals surface area contributed by atoms with Gasteiger partial charge in [-0.2, -0.15) is 0 Å². The maximum Gasteiger partial charge on any atom is 0.305 e. The average Bonchev–Trinajstić information content (AvgIpc) is 2.94. The molecule has 0 unspecified atom stereocenters. The van der Waals surface area contributed by atoms with E-state index in [0.29, 0.717) is 13.0 Å². The van der Waals surface area contributed by atoms with Crippen molar-refractivity contribution < 1.29 is 9.53 Å². The highest BCUT2D eigenvalue weighted by molar-refractivity contribution is 5.69. The summed E-state index contributed by atoms with van der Waals surface area (Å²) in [5.41, 5.74) is 0. The molecule has 0 amide bonds. The molecule has 232 valence electrons. The van der Waals surface area contributed by atoms with Gasteiger partial charge in [0.1, 0.15) is 0 Å². The summed E-state index contributed by atoms with van der Waals surface area (Å²) >= 11 is 0. The second-order valence-corrected chi connectivity index (χ2v) is 12.2. The summed E-state index contributed by atoms with van der Waals surface area (Å²) < 4.78 is 5.44. The van der Waals surface area contributed by atoms with E-state index >= 15 is 0 Å². The van der Waals surface area contributed by atoms with Crippen molar-refractivity contribution in [1.82, 2.24) is 0 Å². The first-order valence-electron chi connectivity index (χ1n) is 18.1. The van der Waals surface area contributed by atoms with Gasteiger partial charge in [-0.05, 0) is 38.5 Å². The van der Waals surface area contributed by atoms with Crippen LogP contribution >= 0.6 is 0 Å². The first-order chi connectivity index (χ1) is 19.3. The van der Waals surface area contributed by atoms with Crippen molar-refractivity contribution in [3.8, 4) is 0 Å². The number of ether oxygens (including phenoxy) is 1. The second kappa shape index (κ2) is 35.2. The second-order valence-electron chi connectivity index (χ2n) is 12.2. The van der Waals surface area contributed by atoms with Crippen LogP contribution in [0.3, 0.4) is 0 Å². The molecule has 2 nitrogen and oxygen atoms in total. The zero-order valence-electron chi connectivity index (χ0n) is 27.1. The number of allylic oxidation sites excluding steroid dienone is 2. The van der Waals surface area contributed by atoms with Gasteiger partial charge in [-0.15, -0.1) is 0 Å². The molecule has 0 heterocycles. The maximum atomic E-state index is 11.9. The molecule has 0 saturated carbocycles. The Morgan fingerprint density at radius 3 is 1.13 bits per heavy atom. The fourth-order valence-electron chi connectivity index (χ4n) is 5.43. The molecule has 0 N–H and O–H groups in total. The van der Waals surface area contributed by atoms with E-state index in [1.165, 1.54) is 180 Å². The van der Waals surface area contributed by atoms with Gasteiger partial charge in [0.15, 0.2) is 0 Å². The molecule has 0 bridgehead atoms. The molecule has 0 spiro atoms. The molecule has 0 aliphatic heterocycles. The molecule has 0 aromatic carbocycles. The first kappa shape index (κ1) is 38.2. The Bertz CT molecular complexity index is 484. The van der Waals surface area contributed by atoms with Gasteiger partial charge in [0.05, 0.1) is 6.61 Å². The minimum Gasteiger partial charge on any atom is -0.466 e. The number of carbonyl (C=O) groups excluding carboxylic acids is 1. The molecule has 0 aliphatic carbocycles. The molecule has 0 radical (unpaired) electrons. The highest BCUT2D eigenvalue weighted by atomic mass is 16.5. The lowest BCUT2D eigenvalue weighted by Gasteiger charge is -2.06. The monoisotopic (exact) mass is 549 g/mol. The summed E-state index contributed by atoms with van der Waals surface area (Å²) in [4.78, 5) is 11.9. The first-order valence-corrected chi connectivity index (χ1v) is 18.1. The van der Waals surface area contributed by atoms with Crippen LogP contribution in [-0.2, 0) is 9.53 Å². The van der Waals surface area contributed by atoms with Crippen LogP contribution in [0.25, 0.3) is 0 Å². The standard InChI is InChI=1S/C37H72O2/c1-3-5-7-9-11-13-15-17-19-20-22-24-26-28-30-32-34-36-39-37(38)35-33-31-29-27-25-23-21-18-16-14-12-10-8-6-4-2/h14,16H,3-13,15,17-36H2,1-2H3/b16-14+. The Morgan fingerprint density at radius 2 is 0.718 bits per heavy atom. The van der Waals surface area contributed by atoms with Crippen molar-refractivity contribution in [2.45, 2.75) is 213 Å². The van der Waals surface area contributed by atoms with Crippen molar-refractivity contribution in [2.75, 3.05) is 6.61 Å². The fraction of sp³-hybridized carbons (Fsp3) is 0.919. The summed E-state index contributed by atoms with van der Waals surface area (Å²) in [6, 6.07) is 0. The van der Waals surface area contributed by atoms with Crippen LogP contribution in [-0.4, -0.2) is 12.6 Å². The average molecular weight is 549 g/mol. The molecule has 2 heteroatoms. The van der Waals surface area contributed by atoms with Crippen molar-refractivity contribution in [3.05, 3.63) is 12.2 Å². The maximum absolute atomic E-state index is 11.9. The molecule has 39 heavy (non-hydrogen) atoms. The number of unbranched alkanes of at least 4 members (excludes halogenated alkanes) is 27. The highest BCUT2D eigenvalue weighted by Gasteiger charge is 2.02. The van der Waals surface area contributed by atoms with E-state index in [4.69, 9.17) is 4.74 Å². The van der Waals surface area contributed by atoms with Gasteiger partial charge in [-0.1, -0.05) is 180 Å². The summed E-state index contributed by atoms with van der Waals surface area (Å²) in [5, 5.41) is 0. The van der Waals surface area contributed by atoms with Crippen LogP contribution in [0, 0.1) is 0 Å². The molecule has 0 saturated heterocycles. The molecule has 0 rings (SSSR count). The Balaban J connectivity index is 3.17. The Kier molecular flexibility index (Phi) is 34.5. The van der Waals surface area contributed by atoms with E-state index in [9.17, 15) is 4.79 Å². The molecule has 0 fully saturated rings. The van der Waals surface area contributed by atoms with Gasteiger partial charge < -0.3 is 4.74 Å². The van der Waals surface area contributed by atoms with Gasteiger partial charge >= 0.3 is 5.97 Å². The van der Waals surface area contributed by atoms with Gasteiger partial charge in [-0.3, -0.25) is 4.79 Å². The molecule has 0 aliphatic rings. The smallest absolute Gasteiger partial charge is 0.305 e. The van der Waals surface area contributed by atoms with Crippen molar-refractivity contribution in [1.29, 1.82) is 0 Å². The van der Waals surface area contributed by atoms with Crippen LogP contribution in [0.15, 0.2) is 12.2 Å². The van der Waals surface area contributed by atoms with E-state index in [0.717, 1.165) is 12.8 Å². The molecule has 0 aromatic rings. The Labute approximate surface area is 246 Å². The van der Waals surface area contributed by atoms with Gasteiger partial charge in [0, 0.05) is 6.42 Å². The summed E-state index contributed by atoms with van der Waals surface area (Å²) in [6.07, 6.45) is 45.6. The zero-order valence-corrected chi connectivity index (χ0v) is 27.1. The third-order valence-electron chi connectivity index (χ3n) is 8.15. The molecule has 0 atom stereocenters. The number of esters is 1. The van der Waals surface area contributed by atoms with Crippen molar-refractivity contribution >= 4 is 5.97 Å². The van der Waals surface area contributed by atoms with E-state index < -0.39 is 0 Å². The van der Waals surface area contributed by atoms with Crippen LogP contribution in [0.1, 0.15) is 213 Å². The molecular weight excluding hydrogens is 476 g/mol. The Morgan fingerprint density at radius 1 is 0.410 bits per heavy atom. The predicted octanol–water partition coefficient (Wildman–Crippen LogP) is 13.2. The van der Waals surface area contributed by atoms with E-state index in [-0.39, 0.29) is 5.97 Å². The number of hydrogen-bond donors (Lipinski definition) is 0. The number of hydrogen-bond acceptors (Lipinski definition) is 2. The van der Waals surface area contributed by atoms with E-state index in [1.807, 2.05) is 0 Å². The summed E-state index contributed by atoms with van der Waals surface area (Å²) in [7, 11) is 0. The minimum absolute atomic E-state index is 0.0213. The lowest BCUT2D eigenvalue weighted by Crippen LogP contribution is -2.05. The summed E-state index contributed by atoms with van der Waals surface area (Å²) in [5.74, 6) is 0.0213. The molecular formula is C37H72O2. The number of carbonyl (C=O) groups is 1. The fourth-order valence-corrected chi connectivity index (χ4v) is 5.43. The third kappa shape index (κ3) is 35.2. The molecule has 0 aromatic heterocycles. The van der Waals surface area contributed by atoms with Crippen LogP contribution in [0.5, 0.6) is 0 Å². The SMILES string of the molecule is CCCCCC/C=C/CCCCCCCCCC(=O)OCCCCCCCCCCCCCCCCCCC. The van der Waals surface area contributed by atoms with Crippen LogP contribution < -0.4 is 0 Å². The van der Waals surface area contributed by atoms with Crippen LogP contribution in [0.2, 0.25) is 0 Å². The zero-order chi connectivity index (χ0) is 28.3. The minimum atomic E-state index is 0.0213. The van der Waals surface area contributed by atoms with Crippen LogP contribution in [0.4, 0.5) is 0 Å². The highest BCUT2D eigenvalue weighted by Crippen LogP contribution is 2.15. The van der Waals surface area contributed by atoms with E-state index in [2.05, 4.69) is 26.0 Å². The van der Waals surface area contributed by atoms with E-state index in [1.54, 1.807) is 0 Å². The lowest BCUT2D eigenvalue weighted by atomic mass is 10.0. The lowest BCUT2D eigenvalue weighted by molar-refractivity contribution is -0.143. The third-order valence-corrected chi connectivity index (χ3v) is 8.15. The van der Waals surface area contributed by atoms with Crippen molar-refractivity contribution in [2.24, 2.45) is 0 Å². The normalized spacial score (nSPS) is 11.5. The van der Waals surface area contributed by atoms with Gasteiger partial charge in [-0.25, -0.2) is 0 Å². The number of rotatable bonds is 33. The van der Waals surface area contributed by atoms with Gasteiger partial charge in [0.2, 0.25) is 0 Å². The topological polar surface area (TPSA) is 26.3 Å². The predicted molar refractivity (Wildman–Crippen MR) is 175 cm³/mol.